The summed E-state index contributed by atoms with van der Waals surface area (Å²) in [5.74, 6) is -0.226. The van der Waals surface area contributed by atoms with Gasteiger partial charge in [0, 0.05) is 17.6 Å². The average molecular weight is 261 g/mol. The second kappa shape index (κ2) is 4.19. The highest BCUT2D eigenvalue weighted by Crippen LogP contribution is 2.31. The summed E-state index contributed by atoms with van der Waals surface area (Å²) in [5.41, 5.74) is 8.51. The van der Waals surface area contributed by atoms with Gasteiger partial charge in [-0.25, -0.2) is 9.37 Å². The van der Waals surface area contributed by atoms with Crippen LogP contribution in [0.5, 0.6) is 0 Å². The minimum Gasteiger partial charge on any atom is -0.325 e. The smallest absolute Gasteiger partial charge is 0.194 e. The number of rotatable bonds is 2. The average Bonchev–Trinajstić information content (AvgIpc) is 2.87. The lowest BCUT2D eigenvalue weighted by Gasteiger charge is -2.01. The third kappa shape index (κ3) is 1.72. The first-order valence-electron chi connectivity index (χ1n) is 5.62. The third-order valence-corrected chi connectivity index (χ3v) is 3.84. The number of nitrogens with zero attached hydrogens (tertiary/aromatic N) is 2. The van der Waals surface area contributed by atoms with E-state index in [2.05, 4.69) is 4.98 Å². The van der Waals surface area contributed by atoms with Crippen molar-refractivity contribution in [2.75, 3.05) is 0 Å². The Morgan fingerprint density at radius 2 is 2.06 bits per heavy atom. The van der Waals surface area contributed by atoms with E-state index in [-0.39, 0.29) is 5.82 Å². The molecule has 5 heteroatoms. The number of thiazole rings is 1. The van der Waals surface area contributed by atoms with E-state index in [4.69, 9.17) is 5.73 Å². The third-order valence-electron chi connectivity index (χ3n) is 2.87. The van der Waals surface area contributed by atoms with Crippen LogP contribution in [0.3, 0.4) is 0 Å². The summed E-state index contributed by atoms with van der Waals surface area (Å²) in [6, 6.07) is 6.51. The van der Waals surface area contributed by atoms with Gasteiger partial charge in [-0.1, -0.05) is 0 Å². The molecule has 0 unspecified atom stereocenters. The zero-order valence-corrected chi connectivity index (χ0v) is 10.7. The van der Waals surface area contributed by atoms with Crippen molar-refractivity contribution in [1.82, 2.24) is 9.38 Å². The number of hydrogen-bond donors (Lipinski definition) is 1. The number of halogens is 1. The molecule has 92 valence electrons. The minimum atomic E-state index is -0.226. The second-order valence-electron chi connectivity index (χ2n) is 4.10. The van der Waals surface area contributed by atoms with Crippen LogP contribution in [0.25, 0.3) is 16.2 Å². The molecule has 0 aliphatic heterocycles. The van der Waals surface area contributed by atoms with Gasteiger partial charge in [0.05, 0.1) is 11.4 Å². The Bertz CT molecular complexity index is 697. The molecule has 0 fully saturated rings. The highest BCUT2D eigenvalue weighted by atomic mass is 32.1. The van der Waals surface area contributed by atoms with E-state index < -0.39 is 0 Å². The molecule has 0 spiro atoms. The lowest BCUT2D eigenvalue weighted by Crippen LogP contribution is -1.95. The number of imidazole rings is 1. The van der Waals surface area contributed by atoms with Crippen molar-refractivity contribution in [3.8, 4) is 11.3 Å². The van der Waals surface area contributed by atoms with Gasteiger partial charge in [0.15, 0.2) is 4.96 Å². The summed E-state index contributed by atoms with van der Waals surface area (Å²) >= 11 is 1.62. The van der Waals surface area contributed by atoms with Crippen LogP contribution in [-0.4, -0.2) is 9.38 Å². The quantitative estimate of drug-likeness (QED) is 0.770. The Morgan fingerprint density at radius 3 is 2.72 bits per heavy atom. The van der Waals surface area contributed by atoms with Crippen LogP contribution in [0.15, 0.2) is 30.5 Å². The topological polar surface area (TPSA) is 43.3 Å². The van der Waals surface area contributed by atoms with Crippen molar-refractivity contribution >= 4 is 16.3 Å². The van der Waals surface area contributed by atoms with Crippen molar-refractivity contribution in [1.29, 1.82) is 0 Å². The monoisotopic (exact) mass is 261 g/mol. The molecule has 1 aromatic carbocycles. The molecule has 0 saturated carbocycles. The summed E-state index contributed by atoms with van der Waals surface area (Å²) < 4.78 is 15.0. The number of benzene rings is 1. The predicted octanol–water partition coefficient (Wildman–Crippen LogP) is 2.97. The van der Waals surface area contributed by atoms with Crippen molar-refractivity contribution in [3.63, 3.8) is 0 Å². The molecular weight excluding hydrogens is 249 g/mol. The molecule has 3 rings (SSSR count). The first kappa shape index (κ1) is 11.4. The normalized spacial score (nSPS) is 11.3. The molecule has 0 amide bonds. The maximum atomic E-state index is 13.0. The Hall–Kier alpha value is -1.72. The van der Waals surface area contributed by atoms with Crippen LogP contribution in [-0.2, 0) is 6.54 Å². The molecule has 0 aliphatic rings. The van der Waals surface area contributed by atoms with E-state index in [0.29, 0.717) is 6.54 Å². The lowest BCUT2D eigenvalue weighted by atomic mass is 10.1. The molecule has 2 heterocycles. The Labute approximate surface area is 108 Å². The van der Waals surface area contributed by atoms with Gasteiger partial charge in [-0.15, -0.1) is 11.3 Å². The van der Waals surface area contributed by atoms with E-state index in [1.807, 2.05) is 17.5 Å². The zero-order valence-electron chi connectivity index (χ0n) is 9.85. The van der Waals surface area contributed by atoms with Crippen LogP contribution in [0.2, 0.25) is 0 Å². The Morgan fingerprint density at radius 1 is 1.33 bits per heavy atom. The van der Waals surface area contributed by atoms with E-state index in [1.165, 1.54) is 12.1 Å². The summed E-state index contributed by atoms with van der Waals surface area (Å²) in [5, 5.41) is 0. The van der Waals surface area contributed by atoms with Crippen LogP contribution in [0.4, 0.5) is 4.39 Å². The highest BCUT2D eigenvalue weighted by Gasteiger charge is 2.13. The van der Waals surface area contributed by atoms with Gasteiger partial charge in [-0.2, -0.15) is 0 Å². The fraction of sp³-hybridized carbons (Fsp3) is 0.154. The number of aromatic nitrogens is 2. The van der Waals surface area contributed by atoms with Gasteiger partial charge < -0.3 is 5.73 Å². The zero-order chi connectivity index (χ0) is 12.7. The summed E-state index contributed by atoms with van der Waals surface area (Å²) in [6.07, 6.45) is 1.94. The molecular formula is C13H12FN3S. The van der Waals surface area contributed by atoms with Crippen LogP contribution in [0.1, 0.15) is 10.6 Å². The van der Waals surface area contributed by atoms with Gasteiger partial charge in [0.2, 0.25) is 0 Å². The first-order chi connectivity index (χ1) is 8.69. The number of fused-ring (bicyclic) bond motifs is 1. The molecule has 0 aliphatic carbocycles. The van der Waals surface area contributed by atoms with Gasteiger partial charge in [0.25, 0.3) is 0 Å². The lowest BCUT2D eigenvalue weighted by molar-refractivity contribution is 0.628. The number of aryl methyl sites for hydroxylation is 1. The van der Waals surface area contributed by atoms with Crippen molar-refractivity contribution in [3.05, 3.63) is 46.9 Å². The van der Waals surface area contributed by atoms with Gasteiger partial charge in [-0.05, 0) is 36.8 Å². The first-order valence-corrected chi connectivity index (χ1v) is 6.44. The predicted molar refractivity (Wildman–Crippen MR) is 71.1 cm³/mol. The van der Waals surface area contributed by atoms with Gasteiger partial charge in [-0.3, -0.25) is 4.40 Å². The standard InChI is InChI=1S/C13H12FN3S/c1-8-12(9-2-4-10(14)5-3-9)17-7-11(6-15)16-13(17)18-8/h2-5,7H,6,15H2,1H3. The van der Waals surface area contributed by atoms with Gasteiger partial charge in [0.1, 0.15) is 5.82 Å². The van der Waals surface area contributed by atoms with Crippen LogP contribution >= 0.6 is 11.3 Å². The molecule has 3 nitrogen and oxygen atoms in total. The number of hydrogen-bond acceptors (Lipinski definition) is 3. The highest BCUT2D eigenvalue weighted by molar-refractivity contribution is 7.17. The Kier molecular flexibility index (Phi) is 2.65. The molecule has 0 radical (unpaired) electrons. The molecule has 2 aromatic heterocycles. The van der Waals surface area contributed by atoms with E-state index >= 15 is 0 Å². The summed E-state index contributed by atoms with van der Waals surface area (Å²) in [6.45, 7) is 2.47. The van der Waals surface area contributed by atoms with Crippen molar-refractivity contribution < 1.29 is 4.39 Å². The summed E-state index contributed by atoms with van der Waals surface area (Å²) in [4.78, 5) is 6.52. The second-order valence-corrected chi connectivity index (χ2v) is 5.28. The van der Waals surface area contributed by atoms with E-state index in [1.54, 1.807) is 23.5 Å². The van der Waals surface area contributed by atoms with Crippen molar-refractivity contribution in [2.24, 2.45) is 5.73 Å². The molecule has 0 bridgehead atoms. The van der Waals surface area contributed by atoms with Crippen LogP contribution < -0.4 is 5.73 Å². The summed E-state index contributed by atoms with van der Waals surface area (Å²) in [7, 11) is 0. The maximum absolute atomic E-state index is 13.0. The van der Waals surface area contributed by atoms with Crippen molar-refractivity contribution in [2.45, 2.75) is 13.5 Å². The Balaban J connectivity index is 2.23. The molecule has 0 atom stereocenters. The van der Waals surface area contributed by atoms with Gasteiger partial charge >= 0.3 is 0 Å². The largest absolute Gasteiger partial charge is 0.325 e. The molecule has 0 saturated heterocycles. The number of nitrogens with two attached hydrogens (primary N) is 1. The maximum Gasteiger partial charge on any atom is 0.194 e. The molecule has 2 N–H and O–H groups in total. The van der Waals surface area contributed by atoms with E-state index in [9.17, 15) is 4.39 Å². The van der Waals surface area contributed by atoms with Crippen LogP contribution in [0, 0.1) is 12.7 Å². The fourth-order valence-electron chi connectivity index (χ4n) is 2.05. The van der Waals surface area contributed by atoms with E-state index in [0.717, 1.165) is 26.8 Å². The SMILES string of the molecule is Cc1sc2nc(CN)cn2c1-c1ccc(F)cc1. The minimum absolute atomic E-state index is 0.226. The molecule has 3 aromatic rings. The molecule has 18 heavy (non-hydrogen) atoms. The fourth-order valence-corrected chi connectivity index (χ4v) is 3.04.